The second kappa shape index (κ2) is 5.09. The van der Waals surface area contributed by atoms with Crippen LogP contribution >= 0.6 is 0 Å². The quantitative estimate of drug-likeness (QED) is 0.900. The van der Waals surface area contributed by atoms with Crippen molar-refractivity contribution >= 4 is 11.6 Å². The molecule has 6 nitrogen and oxygen atoms in total. The molecule has 1 amide bonds. The van der Waals surface area contributed by atoms with Crippen LogP contribution < -0.4 is 10.9 Å². The maximum Gasteiger partial charge on any atom is 0.273 e. The normalized spacial score (nSPS) is 10.5. The molecule has 0 saturated heterocycles. The fourth-order valence-corrected chi connectivity index (χ4v) is 1.87. The summed E-state index contributed by atoms with van der Waals surface area (Å²) in [4.78, 5) is 23.5. The zero-order valence-electron chi connectivity index (χ0n) is 11.2. The van der Waals surface area contributed by atoms with Crippen LogP contribution in [0.3, 0.4) is 0 Å². The lowest BCUT2D eigenvalue weighted by molar-refractivity contribution is 0.101. The van der Waals surface area contributed by atoms with Gasteiger partial charge in [-0.3, -0.25) is 14.3 Å². The molecule has 2 aromatic rings. The number of nitrogens with zero attached hydrogens (tertiary/aromatic N) is 3. The van der Waals surface area contributed by atoms with Gasteiger partial charge in [0.2, 0.25) is 0 Å². The monoisotopic (exact) mass is 260 g/mol. The van der Waals surface area contributed by atoms with E-state index in [9.17, 15) is 9.59 Å². The third-order valence-corrected chi connectivity index (χ3v) is 2.82. The van der Waals surface area contributed by atoms with E-state index in [0.29, 0.717) is 17.9 Å². The van der Waals surface area contributed by atoms with Gasteiger partial charge in [-0.25, -0.2) is 0 Å². The molecular weight excluding hydrogens is 244 g/mol. The van der Waals surface area contributed by atoms with Crippen molar-refractivity contribution in [3.8, 4) is 0 Å². The molecule has 0 aromatic carbocycles. The lowest BCUT2D eigenvalue weighted by Crippen LogP contribution is -2.20. The number of rotatable bonds is 3. The van der Waals surface area contributed by atoms with Crippen LogP contribution in [0, 0.1) is 6.92 Å². The number of hydrogen-bond acceptors (Lipinski definition) is 3. The smallest absolute Gasteiger partial charge is 0.273 e. The lowest BCUT2D eigenvalue weighted by atomic mass is 10.3. The van der Waals surface area contributed by atoms with E-state index in [1.807, 2.05) is 13.8 Å². The molecule has 0 aliphatic rings. The van der Waals surface area contributed by atoms with Crippen molar-refractivity contribution in [1.29, 1.82) is 0 Å². The van der Waals surface area contributed by atoms with Crippen LogP contribution in [-0.4, -0.2) is 20.3 Å². The van der Waals surface area contributed by atoms with Crippen molar-refractivity contribution in [2.75, 3.05) is 5.32 Å². The molecule has 0 bridgehead atoms. The van der Waals surface area contributed by atoms with Gasteiger partial charge in [-0.2, -0.15) is 5.10 Å². The van der Waals surface area contributed by atoms with Gasteiger partial charge in [0.15, 0.2) is 0 Å². The summed E-state index contributed by atoms with van der Waals surface area (Å²) < 4.78 is 3.06. The van der Waals surface area contributed by atoms with Crippen molar-refractivity contribution in [2.24, 2.45) is 7.05 Å². The van der Waals surface area contributed by atoms with Gasteiger partial charge in [-0.1, -0.05) is 0 Å². The van der Waals surface area contributed by atoms with Crippen molar-refractivity contribution < 1.29 is 4.79 Å². The van der Waals surface area contributed by atoms with Crippen LogP contribution in [-0.2, 0) is 13.6 Å². The van der Waals surface area contributed by atoms with Gasteiger partial charge in [0.05, 0.1) is 11.4 Å². The molecule has 6 heteroatoms. The molecule has 100 valence electrons. The standard InChI is InChI=1S/C13H16N4O2/c1-4-17-8-10(5-6-12(17)18)14-13(19)11-7-9(2)15-16(11)3/h5-8H,4H2,1-3H3,(H,14,19). The molecule has 2 heterocycles. The third-order valence-electron chi connectivity index (χ3n) is 2.82. The Labute approximate surface area is 110 Å². The second-order valence-electron chi connectivity index (χ2n) is 4.29. The zero-order valence-corrected chi connectivity index (χ0v) is 11.2. The molecule has 19 heavy (non-hydrogen) atoms. The maximum atomic E-state index is 12.1. The zero-order chi connectivity index (χ0) is 14.0. The van der Waals surface area contributed by atoms with Crippen LogP contribution in [0.15, 0.2) is 29.2 Å². The highest BCUT2D eigenvalue weighted by molar-refractivity contribution is 6.03. The summed E-state index contributed by atoms with van der Waals surface area (Å²) in [6, 6.07) is 4.74. The predicted octanol–water partition coefficient (Wildman–Crippen LogP) is 1.16. The Morgan fingerprint density at radius 3 is 2.74 bits per heavy atom. The molecular formula is C13H16N4O2. The molecule has 0 saturated carbocycles. The Kier molecular flexibility index (Phi) is 3.50. The summed E-state index contributed by atoms with van der Waals surface area (Å²) in [5, 5.41) is 6.88. The Morgan fingerprint density at radius 2 is 2.16 bits per heavy atom. The largest absolute Gasteiger partial charge is 0.319 e. The first-order valence-corrected chi connectivity index (χ1v) is 6.03. The fourth-order valence-electron chi connectivity index (χ4n) is 1.87. The predicted molar refractivity (Wildman–Crippen MR) is 72.3 cm³/mol. The summed E-state index contributed by atoms with van der Waals surface area (Å²) in [5.41, 5.74) is 1.76. The first kappa shape index (κ1) is 13.1. The highest BCUT2D eigenvalue weighted by atomic mass is 16.2. The fraction of sp³-hybridized carbons (Fsp3) is 0.308. The van der Waals surface area contributed by atoms with Crippen LogP contribution in [0.2, 0.25) is 0 Å². The van der Waals surface area contributed by atoms with E-state index in [1.54, 1.807) is 25.4 Å². The van der Waals surface area contributed by atoms with Gasteiger partial charge in [0.25, 0.3) is 11.5 Å². The summed E-state index contributed by atoms with van der Waals surface area (Å²) in [7, 11) is 1.72. The number of pyridine rings is 1. The summed E-state index contributed by atoms with van der Waals surface area (Å²) >= 11 is 0. The van der Waals surface area contributed by atoms with Gasteiger partial charge in [-0.05, 0) is 26.0 Å². The summed E-state index contributed by atoms with van der Waals surface area (Å²) in [6.07, 6.45) is 1.63. The Balaban J connectivity index is 2.24. The number of anilines is 1. The van der Waals surface area contributed by atoms with Crippen LogP contribution in [0.25, 0.3) is 0 Å². The van der Waals surface area contributed by atoms with Crippen LogP contribution in [0.4, 0.5) is 5.69 Å². The molecule has 0 radical (unpaired) electrons. The van der Waals surface area contributed by atoms with Gasteiger partial charge in [-0.15, -0.1) is 0 Å². The molecule has 0 aliphatic carbocycles. The van der Waals surface area contributed by atoms with E-state index in [-0.39, 0.29) is 11.5 Å². The third kappa shape index (κ3) is 2.73. The van der Waals surface area contributed by atoms with Gasteiger partial charge >= 0.3 is 0 Å². The Hall–Kier alpha value is -2.37. The van der Waals surface area contributed by atoms with Gasteiger partial charge in [0.1, 0.15) is 5.69 Å². The van der Waals surface area contributed by atoms with E-state index in [4.69, 9.17) is 0 Å². The molecule has 2 aromatic heterocycles. The number of aryl methyl sites for hydroxylation is 3. The van der Waals surface area contributed by atoms with E-state index in [1.165, 1.54) is 15.3 Å². The van der Waals surface area contributed by atoms with E-state index >= 15 is 0 Å². The van der Waals surface area contributed by atoms with Crippen molar-refractivity contribution in [3.63, 3.8) is 0 Å². The summed E-state index contributed by atoms with van der Waals surface area (Å²) in [6.45, 7) is 4.26. The van der Waals surface area contributed by atoms with Crippen LogP contribution in [0.1, 0.15) is 23.1 Å². The number of carbonyl (C=O) groups is 1. The molecule has 0 atom stereocenters. The number of amides is 1. The second-order valence-corrected chi connectivity index (χ2v) is 4.29. The molecule has 0 spiro atoms. The highest BCUT2D eigenvalue weighted by Crippen LogP contribution is 2.08. The van der Waals surface area contributed by atoms with Crippen molar-refractivity contribution in [2.45, 2.75) is 20.4 Å². The number of hydrogen-bond donors (Lipinski definition) is 1. The van der Waals surface area contributed by atoms with Crippen LogP contribution in [0.5, 0.6) is 0 Å². The average Bonchev–Trinajstić information content (AvgIpc) is 2.71. The number of nitrogens with one attached hydrogen (secondary N) is 1. The Morgan fingerprint density at radius 1 is 1.42 bits per heavy atom. The van der Waals surface area contributed by atoms with Crippen molar-refractivity contribution in [1.82, 2.24) is 14.3 Å². The molecule has 0 fully saturated rings. The van der Waals surface area contributed by atoms with Gasteiger partial charge < -0.3 is 9.88 Å². The van der Waals surface area contributed by atoms with E-state index in [0.717, 1.165) is 5.69 Å². The molecule has 0 unspecified atom stereocenters. The van der Waals surface area contributed by atoms with E-state index in [2.05, 4.69) is 10.4 Å². The minimum absolute atomic E-state index is 0.0862. The maximum absolute atomic E-state index is 12.1. The Bertz CT molecular complexity index is 670. The van der Waals surface area contributed by atoms with Gasteiger partial charge in [0, 0.05) is 25.9 Å². The molecule has 1 N–H and O–H groups in total. The highest BCUT2D eigenvalue weighted by Gasteiger charge is 2.12. The number of carbonyl (C=O) groups excluding carboxylic acids is 1. The topological polar surface area (TPSA) is 68.9 Å². The first-order chi connectivity index (χ1) is 9.01. The minimum atomic E-state index is -0.246. The average molecular weight is 260 g/mol. The number of aromatic nitrogens is 3. The molecule has 0 aliphatic heterocycles. The molecule has 2 rings (SSSR count). The van der Waals surface area contributed by atoms with Crippen molar-refractivity contribution in [3.05, 3.63) is 46.1 Å². The SMILES string of the molecule is CCn1cc(NC(=O)c2cc(C)nn2C)ccc1=O. The summed E-state index contributed by atoms with van der Waals surface area (Å²) in [5.74, 6) is -0.246. The minimum Gasteiger partial charge on any atom is -0.319 e. The van der Waals surface area contributed by atoms with E-state index < -0.39 is 0 Å². The lowest BCUT2D eigenvalue weighted by Gasteiger charge is -2.07. The first-order valence-electron chi connectivity index (χ1n) is 6.03.